The molecule has 1 aromatic rings. The van der Waals surface area contributed by atoms with Crippen LogP contribution in [0.5, 0.6) is 5.75 Å². The van der Waals surface area contributed by atoms with Crippen LogP contribution in [0.1, 0.15) is 16.8 Å². The SMILES string of the molecule is COc1cccc(C(=O)C(Br)CCCl)c1. The monoisotopic (exact) mass is 290 g/mol. The van der Waals surface area contributed by atoms with Crippen molar-refractivity contribution >= 4 is 33.3 Å². The molecule has 1 unspecified atom stereocenters. The summed E-state index contributed by atoms with van der Waals surface area (Å²) < 4.78 is 5.05. The Hall–Kier alpha value is -0.540. The summed E-state index contributed by atoms with van der Waals surface area (Å²) in [6.45, 7) is 0. The third kappa shape index (κ3) is 3.50. The van der Waals surface area contributed by atoms with E-state index in [0.29, 0.717) is 23.6 Å². The van der Waals surface area contributed by atoms with E-state index in [1.807, 2.05) is 6.07 Å². The Morgan fingerprint density at radius 2 is 2.33 bits per heavy atom. The lowest BCUT2D eigenvalue weighted by molar-refractivity contribution is 0.0990. The van der Waals surface area contributed by atoms with Gasteiger partial charge < -0.3 is 4.74 Å². The Bertz CT molecular complexity index is 341. The number of hydrogen-bond donors (Lipinski definition) is 0. The number of carbonyl (C=O) groups excluding carboxylic acids is 1. The van der Waals surface area contributed by atoms with Crippen LogP contribution in [0.2, 0.25) is 0 Å². The minimum Gasteiger partial charge on any atom is -0.497 e. The average Bonchev–Trinajstić information content (AvgIpc) is 2.28. The van der Waals surface area contributed by atoms with Crippen molar-refractivity contribution in [3.8, 4) is 5.75 Å². The molecule has 1 atom stereocenters. The molecule has 0 spiro atoms. The zero-order valence-corrected chi connectivity index (χ0v) is 10.7. The van der Waals surface area contributed by atoms with E-state index in [-0.39, 0.29) is 10.6 Å². The minimum atomic E-state index is -0.220. The molecule has 0 radical (unpaired) electrons. The zero-order chi connectivity index (χ0) is 11.3. The van der Waals surface area contributed by atoms with Crippen molar-refractivity contribution in [2.45, 2.75) is 11.2 Å². The van der Waals surface area contributed by atoms with Gasteiger partial charge in [-0.2, -0.15) is 0 Å². The Balaban J connectivity index is 2.81. The number of Topliss-reactive ketones (excluding diaryl/α,β-unsaturated/α-hetero) is 1. The van der Waals surface area contributed by atoms with Crippen LogP contribution in [0.15, 0.2) is 24.3 Å². The summed E-state index contributed by atoms with van der Waals surface area (Å²) >= 11 is 8.89. The molecular weight excluding hydrogens is 279 g/mol. The fraction of sp³-hybridized carbons (Fsp3) is 0.364. The van der Waals surface area contributed by atoms with Gasteiger partial charge >= 0.3 is 0 Å². The van der Waals surface area contributed by atoms with E-state index in [2.05, 4.69) is 15.9 Å². The first-order valence-electron chi connectivity index (χ1n) is 4.57. The summed E-state index contributed by atoms with van der Waals surface area (Å²) in [7, 11) is 1.58. The molecule has 0 aliphatic rings. The molecule has 0 N–H and O–H groups in total. The molecule has 2 nitrogen and oxygen atoms in total. The Labute approximate surface area is 103 Å². The molecule has 0 fully saturated rings. The van der Waals surface area contributed by atoms with E-state index in [4.69, 9.17) is 16.3 Å². The van der Waals surface area contributed by atoms with Crippen molar-refractivity contribution in [2.24, 2.45) is 0 Å². The number of benzene rings is 1. The smallest absolute Gasteiger partial charge is 0.176 e. The number of halogens is 2. The van der Waals surface area contributed by atoms with Crippen LogP contribution in [0.4, 0.5) is 0 Å². The van der Waals surface area contributed by atoms with Crippen molar-refractivity contribution < 1.29 is 9.53 Å². The van der Waals surface area contributed by atoms with Gasteiger partial charge in [-0.3, -0.25) is 4.79 Å². The van der Waals surface area contributed by atoms with Gasteiger partial charge in [-0.15, -0.1) is 11.6 Å². The summed E-state index contributed by atoms with van der Waals surface area (Å²) in [6.07, 6.45) is 0.623. The number of alkyl halides is 2. The van der Waals surface area contributed by atoms with Gasteiger partial charge in [0, 0.05) is 11.4 Å². The van der Waals surface area contributed by atoms with Crippen LogP contribution < -0.4 is 4.74 Å². The molecule has 1 rings (SSSR count). The largest absolute Gasteiger partial charge is 0.497 e. The molecule has 0 bridgehead atoms. The summed E-state index contributed by atoms with van der Waals surface area (Å²) in [6, 6.07) is 7.10. The van der Waals surface area contributed by atoms with Crippen LogP contribution in [-0.4, -0.2) is 23.6 Å². The maximum atomic E-state index is 11.8. The van der Waals surface area contributed by atoms with Gasteiger partial charge in [-0.25, -0.2) is 0 Å². The lowest BCUT2D eigenvalue weighted by atomic mass is 10.1. The normalized spacial score (nSPS) is 12.2. The van der Waals surface area contributed by atoms with Crippen LogP contribution in [-0.2, 0) is 0 Å². The van der Waals surface area contributed by atoms with Gasteiger partial charge in [-0.05, 0) is 18.6 Å². The number of methoxy groups -OCH3 is 1. The van der Waals surface area contributed by atoms with E-state index in [1.54, 1.807) is 25.3 Å². The molecule has 0 heterocycles. The summed E-state index contributed by atoms with van der Waals surface area (Å²) in [4.78, 5) is 11.6. The highest BCUT2D eigenvalue weighted by atomic mass is 79.9. The van der Waals surface area contributed by atoms with Gasteiger partial charge in [0.25, 0.3) is 0 Å². The van der Waals surface area contributed by atoms with Gasteiger partial charge in [-0.1, -0.05) is 28.1 Å². The van der Waals surface area contributed by atoms with Crippen molar-refractivity contribution in [1.29, 1.82) is 0 Å². The summed E-state index contributed by atoms with van der Waals surface area (Å²) in [5.41, 5.74) is 0.640. The Kier molecular flexibility index (Phi) is 5.12. The molecule has 82 valence electrons. The van der Waals surface area contributed by atoms with E-state index >= 15 is 0 Å². The highest BCUT2D eigenvalue weighted by Gasteiger charge is 2.16. The molecule has 0 aromatic heterocycles. The first-order chi connectivity index (χ1) is 7.19. The quantitative estimate of drug-likeness (QED) is 0.615. The maximum Gasteiger partial charge on any atom is 0.176 e. The topological polar surface area (TPSA) is 26.3 Å². The van der Waals surface area contributed by atoms with Crippen molar-refractivity contribution in [3.63, 3.8) is 0 Å². The zero-order valence-electron chi connectivity index (χ0n) is 8.37. The fourth-order valence-electron chi connectivity index (χ4n) is 1.18. The molecule has 0 aliphatic carbocycles. The predicted molar refractivity (Wildman–Crippen MR) is 65.4 cm³/mol. The first kappa shape index (κ1) is 12.5. The Morgan fingerprint density at radius 1 is 1.60 bits per heavy atom. The molecule has 0 amide bonds. The van der Waals surface area contributed by atoms with Gasteiger partial charge in [0.2, 0.25) is 0 Å². The van der Waals surface area contributed by atoms with Crippen molar-refractivity contribution in [3.05, 3.63) is 29.8 Å². The third-order valence-electron chi connectivity index (χ3n) is 2.00. The summed E-state index contributed by atoms with van der Waals surface area (Å²) in [5, 5.41) is 0. The van der Waals surface area contributed by atoms with Crippen LogP contribution >= 0.6 is 27.5 Å². The second-order valence-corrected chi connectivity index (χ2v) is 4.52. The third-order valence-corrected chi connectivity index (χ3v) is 3.09. The number of ether oxygens (including phenoxy) is 1. The summed E-state index contributed by atoms with van der Waals surface area (Å²) in [5.74, 6) is 1.19. The van der Waals surface area contributed by atoms with Crippen LogP contribution in [0.3, 0.4) is 0 Å². The number of carbonyl (C=O) groups is 1. The first-order valence-corrected chi connectivity index (χ1v) is 6.02. The van der Waals surface area contributed by atoms with E-state index < -0.39 is 0 Å². The number of rotatable bonds is 5. The minimum absolute atomic E-state index is 0.0366. The van der Waals surface area contributed by atoms with Gasteiger partial charge in [0.05, 0.1) is 11.9 Å². The maximum absolute atomic E-state index is 11.8. The fourth-order valence-corrected chi connectivity index (χ4v) is 2.16. The molecular formula is C11H12BrClO2. The number of hydrogen-bond acceptors (Lipinski definition) is 2. The molecule has 0 saturated heterocycles. The second kappa shape index (κ2) is 6.13. The van der Waals surface area contributed by atoms with Gasteiger partial charge in [0.1, 0.15) is 5.75 Å². The standard InChI is InChI=1S/C11H12BrClO2/c1-15-9-4-2-3-8(7-9)11(14)10(12)5-6-13/h2-4,7,10H,5-6H2,1H3. The highest BCUT2D eigenvalue weighted by molar-refractivity contribution is 9.10. The van der Waals surface area contributed by atoms with Crippen LogP contribution in [0.25, 0.3) is 0 Å². The second-order valence-electron chi connectivity index (χ2n) is 3.04. The van der Waals surface area contributed by atoms with Crippen molar-refractivity contribution in [2.75, 3.05) is 13.0 Å². The lowest BCUT2D eigenvalue weighted by Gasteiger charge is -2.07. The molecule has 0 saturated carbocycles. The van der Waals surface area contributed by atoms with Crippen LogP contribution in [0, 0.1) is 0 Å². The average molecular weight is 292 g/mol. The number of ketones is 1. The van der Waals surface area contributed by atoms with E-state index in [1.165, 1.54) is 0 Å². The molecule has 4 heteroatoms. The molecule has 1 aromatic carbocycles. The van der Waals surface area contributed by atoms with E-state index in [9.17, 15) is 4.79 Å². The highest BCUT2D eigenvalue weighted by Crippen LogP contribution is 2.18. The lowest BCUT2D eigenvalue weighted by Crippen LogP contribution is -2.14. The molecule has 0 aliphatic heterocycles. The predicted octanol–water partition coefficient (Wildman–Crippen LogP) is 3.27. The van der Waals surface area contributed by atoms with E-state index in [0.717, 1.165) is 0 Å². The van der Waals surface area contributed by atoms with Crippen molar-refractivity contribution in [1.82, 2.24) is 0 Å². The molecule has 15 heavy (non-hydrogen) atoms. The van der Waals surface area contributed by atoms with Gasteiger partial charge in [0.15, 0.2) is 5.78 Å². The Morgan fingerprint density at radius 3 is 2.93 bits per heavy atom.